The summed E-state index contributed by atoms with van der Waals surface area (Å²) in [6, 6.07) is 0.139. The molecule has 0 aromatic heterocycles. The van der Waals surface area contributed by atoms with Crippen LogP contribution in [-0.4, -0.2) is 57.7 Å². The van der Waals surface area contributed by atoms with E-state index in [0.29, 0.717) is 36.9 Å². The molecular weight excluding hydrogens is 421 g/mol. The lowest BCUT2D eigenvalue weighted by molar-refractivity contribution is -1.07. The largest absolute Gasteiger partial charge is 0.600 e. The van der Waals surface area contributed by atoms with Gasteiger partial charge in [0, 0.05) is 24.8 Å². The fourth-order valence-electron chi connectivity index (χ4n) is 5.14. The van der Waals surface area contributed by atoms with Gasteiger partial charge < -0.3 is 10.1 Å². The number of hydroxylamine groups is 2. The van der Waals surface area contributed by atoms with Gasteiger partial charge in [0.15, 0.2) is 5.78 Å². The summed E-state index contributed by atoms with van der Waals surface area (Å²) >= 11 is 2.24. The van der Waals surface area contributed by atoms with Crippen LogP contribution in [0.4, 0.5) is 0 Å². The molecule has 6 nitrogen and oxygen atoms in total. The monoisotopic (exact) mass is 452 g/mol. The highest BCUT2D eigenvalue weighted by Gasteiger charge is 2.47. The molecule has 3 rings (SSSR count). The number of piperidine rings is 1. The van der Waals surface area contributed by atoms with Crippen LogP contribution in [0.3, 0.4) is 0 Å². The number of hydrogen-bond donors (Lipinski definition) is 3. The van der Waals surface area contributed by atoms with Crippen molar-refractivity contribution >= 4 is 28.4 Å². The van der Waals surface area contributed by atoms with E-state index in [4.69, 9.17) is 0 Å². The number of carbonyl (C=O) groups excluding carboxylic acids is 1. The standard InChI is InChI=1S/C17H30IN3O3/c1-11-4-3-7-19-9-12(2)20(17(11)19)10-16(22)13-5-6-14(18)15(8-13)21(23)24/h11-15,17,21,23H,3-10H2,1-2H3/p+1. The van der Waals surface area contributed by atoms with E-state index in [1.54, 1.807) is 0 Å². The van der Waals surface area contributed by atoms with Gasteiger partial charge in [0.05, 0.1) is 16.5 Å². The third kappa shape index (κ3) is 3.81. The summed E-state index contributed by atoms with van der Waals surface area (Å²) in [6.45, 7) is 7.42. The van der Waals surface area contributed by atoms with Gasteiger partial charge in [-0.1, -0.05) is 29.5 Å². The molecule has 3 N–H and O–H groups in total. The van der Waals surface area contributed by atoms with Crippen molar-refractivity contribution in [1.29, 1.82) is 0 Å². The molecule has 3 fully saturated rings. The molecule has 0 aromatic carbocycles. The molecule has 1 aliphatic carbocycles. The van der Waals surface area contributed by atoms with Gasteiger partial charge in [0.1, 0.15) is 18.8 Å². The van der Waals surface area contributed by atoms with E-state index < -0.39 is 5.23 Å². The van der Waals surface area contributed by atoms with Crippen molar-refractivity contribution in [1.82, 2.24) is 4.90 Å². The Balaban J connectivity index is 1.63. The van der Waals surface area contributed by atoms with Gasteiger partial charge >= 0.3 is 0 Å². The smallest absolute Gasteiger partial charge is 0.190 e. The molecule has 0 radical (unpaired) electrons. The molecule has 1 saturated carbocycles. The van der Waals surface area contributed by atoms with Crippen molar-refractivity contribution in [3.05, 3.63) is 5.21 Å². The van der Waals surface area contributed by atoms with Crippen LogP contribution < -0.4 is 10.1 Å². The molecule has 8 atom stereocenters. The molecule has 2 aliphatic heterocycles. The molecule has 8 unspecified atom stereocenters. The number of alkyl halides is 1. The van der Waals surface area contributed by atoms with E-state index in [9.17, 15) is 15.2 Å². The molecule has 0 amide bonds. The van der Waals surface area contributed by atoms with Crippen LogP contribution in [0.1, 0.15) is 46.0 Å². The van der Waals surface area contributed by atoms with Gasteiger partial charge in [-0.3, -0.25) is 4.79 Å². The summed E-state index contributed by atoms with van der Waals surface area (Å²) in [7, 11) is 0. The van der Waals surface area contributed by atoms with Gasteiger partial charge in [0.2, 0.25) is 0 Å². The van der Waals surface area contributed by atoms with Gasteiger partial charge in [-0.05, 0) is 32.6 Å². The summed E-state index contributed by atoms with van der Waals surface area (Å²) in [5.74, 6) is 0.888. The number of hydrogen-bond acceptors (Lipinski definition) is 4. The van der Waals surface area contributed by atoms with Crippen LogP contribution in [0.25, 0.3) is 0 Å². The summed E-state index contributed by atoms with van der Waals surface area (Å²) in [6.07, 6.45) is 5.26. The second-order valence-corrected chi connectivity index (χ2v) is 9.75. The maximum absolute atomic E-state index is 12.9. The Morgan fingerprint density at radius 1 is 1.38 bits per heavy atom. The molecule has 7 heteroatoms. The highest BCUT2D eigenvalue weighted by Crippen LogP contribution is 2.29. The van der Waals surface area contributed by atoms with E-state index in [0.717, 1.165) is 25.9 Å². The fraction of sp³-hybridized carbons (Fsp3) is 0.941. The number of halogens is 1. The zero-order valence-corrected chi connectivity index (χ0v) is 16.9. The second kappa shape index (κ2) is 7.84. The first kappa shape index (κ1) is 19.0. The minimum Gasteiger partial charge on any atom is -0.600 e. The molecule has 0 spiro atoms. The van der Waals surface area contributed by atoms with Crippen LogP contribution in [0.5, 0.6) is 0 Å². The van der Waals surface area contributed by atoms with Crippen molar-refractivity contribution in [3.63, 3.8) is 0 Å². The molecule has 0 aromatic rings. The van der Waals surface area contributed by atoms with E-state index in [2.05, 4.69) is 41.3 Å². The van der Waals surface area contributed by atoms with Gasteiger partial charge in [-0.15, -0.1) is 0 Å². The lowest BCUT2D eigenvalue weighted by Crippen LogP contribution is -3.19. The molecule has 24 heavy (non-hydrogen) atoms. The van der Waals surface area contributed by atoms with Crippen LogP contribution in [0, 0.1) is 17.0 Å². The first-order chi connectivity index (χ1) is 11.4. The van der Waals surface area contributed by atoms with E-state index >= 15 is 0 Å². The minimum atomic E-state index is -0.735. The van der Waals surface area contributed by atoms with E-state index in [-0.39, 0.29) is 15.9 Å². The number of carbonyl (C=O) groups is 1. The highest BCUT2D eigenvalue weighted by atomic mass is 127. The summed E-state index contributed by atoms with van der Waals surface area (Å²) in [5.41, 5.74) is 0. The predicted molar refractivity (Wildman–Crippen MR) is 99.1 cm³/mol. The molecule has 2 heterocycles. The molecule has 138 valence electrons. The van der Waals surface area contributed by atoms with Crippen molar-refractivity contribution < 1.29 is 20.1 Å². The number of quaternary nitrogens is 2. The molecular formula is C17H31IN3O3+. The minimum absolute atomic E-state index is 0.0511. The Hall–Kier alpha value is 0.200. The Bertz CT molecular complexity index is 464. The molecule has 0 bridgehead atoms. The number of nitrogens with one attached hydrogen (secondary N) is 2. The van der Waals surface area contributed by atoms with Crippen LogP contribution in [-0.2, 0) is 4.79 Å². The number of ketones is 1. The fourth-order valence-corrected chi connectivity index (χ4v) is 6.11. The van der Waals surface area contributed by atoms with E-state index in [1.165, 1.54) is 17.7 Å². The Morgan fingerprint density at radius 3 is 2.83 bits per heavy atom. The van der Waals surface area contributed by atoms with Gasteiger partial charge in [-0.2, -0.15) is 0 Å². The Labute approximate surface area is 158 Å². The van der Waals surface area contributed by atoms with Gasteiger partial charge in [0.25, 0.3) is 0 Å². The van der Waals surface area contributed by atoms with Crippen molar-refractivity contribution in [2.24, 2.45) is 11.8 Å². The maximum Gasteiger partial charge on any atom is 0.190 e. The average Bonchev–Trinajstić information content (AvgIpc) is 2.84. The lowest BCUT2D eigenvalue weighted by atomic mass is 9.83. The number of Topliss-reactive ketones (excluding diaryl/α,β-unsaturated/α-hetero) is 1. The lowest BCUT2D eigenvalue weighted by Gasteiger charge is -2.38. The van der Waals surface area contributed by atoms with Crippen molar-refractivity contribution in [2.75, 3.05) is 19.6 Å². The Kier molecular flexibility index (Phi) is 6.20. The van der Waals surface area contributed by atoms with Gasteiger partial charge in [-0.25, -0.2) is 15.3 Å². The third-order valence-corrected chi connectivity index (χ3v) is 7.97. The van der Waals surface area contributed by atoms with Crippen LogP contribution >= 0.6 is 22.6 Å². The summed E-state index contributed by atoms with van der Waals surface area (Å²) in [5, 5.41) is 20.1. The third-order valence-electron chi connectivity index (χ3n) is 6.48. The highest BCUT2D eigenvalue weighted by molar-refractivity contribution is 14.1. The van der Waals surface area contributed by atoms with E-state index in [1.807, 2.05) is 0 Å². The molecule has 3 aliphatic rings. The van der Waals surface area contributed by atoms with Crippen molar-refractivity contribution in [2.45, 2.75) is 68.1 Å². The molecule has 2 saturated heterocycles. The SMILES string of the molecule is CC1CCCN2CC(C)[NH+](CC(=O)C3CCC(I)C([NH+]([O-])O)C3)C12. The second-order valence-electron chi connectivity index (χ2n) is 8.15. The van der Waals surface area contributed by atoms with Crippen molar-refractivity contribution in [3.8, 4) is 0 Å². The average molecular weight is 452 g/mol. The van der Waals surface area contributed by atoms with Crippen LogP contribution in [0.2, 0.25) is 0 Å². The zero-order chi connectivity index (χ0) is 17.4. The summed E-state index contributed by atoms with van der Waals surface area (Å²) < 4.78 is 0.163. The number of nitrogens with zero attached hydrogens (tertiary/aromatic N) is 1. The first-order valence-corrected chi connectivity index (χ1v) is 10.6. The Morgan fingerprint density at radius 2 is 2.12 bits per heavy atom. The summed E-state index contributed by atoms with van der Waals surface area (Å²) in [4.78, 5) is 16.9. The topological polar surface area (TPSA) is 72.5 Å². The zero-order valence-electron chi connectivity index (χ0n) is 14.7. The number of fused-ring (bicyclic) bond motifs is 1. The van der Waals surface area contributed by atoms with Crippen LogP contribution in [0.15, 0.2) is 0 Å². The maximum atomic E-state index is 12.9. The quantitative estimate of drug-likeness (QED) is 0.310. The predicted octanol–water partition coefficient (Wildman–Crippen LogP) is -0.355. The first-order valence-electron chi connectivity index (χ1n) is 9.37. The number of rotatable bonds is 4. The normalized spacial score (nSPS) is 45.0.